The summed E-state index contributed by atoms with van der Waals surface area (Å²) in [6.07, 6.45) is 5.27. The molecule has 3 rings (SSSR count). The van der Waals surface area contributed by atoms with E-state index in [-0.39, 0.29) is 0 Å². The van der Waals surface area contributed by atoms with Gasteiger partial charge in [0.25, 0.3) is 0 Å². The molecule has 1 N–H and O–H groups in total. The van der Waals surface area contributed by atoms with E-state index in [4.69, 9.17) is 4.74 Å². The van der Waals surface area contributed by atoms with E-state index < -0.39 is 0 Å². The molecule has 1 aromatic rings. The Labute approximate surface area is 108 Å². The van der Waals surface area contributed by atoms with Crippen molar-refractivity contribution in [2.24, 2.45) is 5.92 Å². The summed E-state index contributed by atoms with van der Waals surface area (Å²) in [5.41, 5.74) is 0. The third-order valence-electron chi connectivity index (χ3n) is 4.24. The molecule has 0 bridgehead atoms. The second-order valence-electron chi connectivity index (χ2n) is 5.27. The van der Waals surface area contributed by atoms with Crippen molar-refractivity contribution < 1.29 is 4.74 Å². The first-order valence-electron chi connectivity index (χ1n) is 6.82. The molecule has 18 heavy (non-hydrogen) atoms. The summed E-state index contributed by atoms with van der Waals surface area (Å²) in [4.78, 5) is 7.07. The molecule has 2 fully saturated rings. The van der Waals surface area contributed by atoms with Gasteiger partial charge in [-0.05, 0) is 25.4 Å². The molecule has 3 heterocycles. The molecule has 0 unspecified atom stereocenters. The molecule has 0 amide bonds. The summed E-state index contributed by atoms with van der Waals surface area (Å²) in [6.45, 7) is 6.17. The molecular weight excluding hydrogens is 228 g/mol. The molecule has 100 valence electrons. The Balaban J connectivity index is 1.63. The van der Waals surface area contributed by atoms with E-state index in [1.165, 1.54) is 25.3 Å². The number of rotatable bonds is 5. The zero-order valence-corrected chi connectivity index (χ0v) is 11.0. The number of likely N-dealkylation sites (tertiary alicyclic amines) is 1. The van der Waals surface area contributed by atoms with E-state index in [9.17, 15) is 0 Å². The second-order valence-corrected chi connectivity index (χ2v) is 5.27. The molecule has 0 radical (unpaired) electrons. The number of nitrogens with zero attached hydrogens (tertiary/aromatic N) is 3. The van der Waals surface area contributed by atoms with Gasteiger partial charge in [-0.2, -0.15) is 0 Å². The van der Waals surface area contributed by atoms with Gasteiger partial charge in [0, 0.05) is 38.6 Å². The van der Waals surface area contributed by atoms with Crippen molar-refractivity contribution in [3.05, 3.63) is 18.2 Å². The monoisotopic (exact) mass is 250 g/mol. The summed E-state index contributed by atoms with van der Waals surface area (Å²) in [6, 6.07) is 0.720. The van der Waals surface area contributed by atoms with Gasteiger partial charge in [-0.25, -0.2) is 4.98 Å². The lowest BCUT2D eigenvalue weighted by molar-refractivity contribution is 0.182. The molecule has 2 aliphatic rings. The number of imidazole rings is 1. The number of nitrogens with one attached hydrogen (secondary N) is 1. The summed E-state index contributed by atoms with van der Waals surface area (Å²) in [5, 5.41) is 3.49. The van der Waals surface area contributed by atoms with Gasteiger partial charge >= 0.3 is 0 Å². The zero-order chi connectivity index (χ0) is 12.4. The number of hydrogen-bond donors (Lipinski definition) is 1. The van der Waals surface area contributed by atoms with Crippen molar-refractivity contribution in [3.8, 4) is 0 Å². The fraction of sp³-hybridized carbons (Fsp3) is 0.769. The lowest BCUT2D eigenvalue weighted by Gasteiger charge is -2.23. The number of aromatic nitrogens is 2. The minimum atomic E-state index is 0.720. The Hall–Kier alpha value is -0.910. The molecule has 2 aliphatic heterocycles. The van der Waals surface area contributed by atoms with Gasteiger partial charge in [0.1, 0.15) is 5.82 Å². The van der Waals surface area contributed by atoms with Crippen molar-refractivity contribution in [1.82, 2.24) is 19.8 Å². The average molecular weight is 250 g/mol. The molecular formula is C13H22N4O. The molecule has 2 atom stereocenters. The third-order valence-corrected chi connectivity index (χ3v) is 4.24. The van der Waals surface area contributed by atoms with Crippen LogP contribution >= 0.6 is 0 Å². The van der Waals surface area contributed by atoms with E-state index in [0.29, 0.717) is 0 Å². The van der Waals surface area contributed by atoms with Crippen molar-refractivity contribution in [2.75, 3.05) is 33.4 Å². The van der Waals surface area contributed by atoms with Gasteiger partial charge in [-0.15, -0.1) is 0 Å². The Bertz CT molecular complexity index is 392. The normalized spacial score (nSPS) is 27.8. The van der Waals surface area contributed by atoms with Crippen LogP contribution in [0.25, 0.3) is 0 Å². The van der Waals surface area contributed by atoms with Crippen molar-refractivity contribution in [1.29, 1.82) is 0 Å². The van der Waals surface area contributed by atoms with Gasteiger partial charge in [0.15, 0.2) is 0 Å². The van der Waals surface area contributed by atoms with E-state index in [1.54, 1.807) is 7.11 Å². The molecule has 0 aromatic carbocycles. The summed E-state index contributed by atoms with van der Waals surface area (Å²) >= 11 is 0. The average Bonchev–Trinajstić information content (AvgIpc) is 3.05. The van der Waals surface area contributed by atoms with E-state index in [1.807, 2.05) is 6.20 Å². The zero-order valence-electron chi connectivity index (χ0n) is 11.0. The molecule has 1 aromatic heterocycles. The molecule has 5 nitrogen and oxygen atoms in total. The van der Waals surface area contributed by atoms with Crippen LogP contribution in [0.4, 0.5) is 0 Å². The smallest absolute Gasteiger partial charge is 0.122 e. The predicted octanol–water partition coefficient (Wildman–Crippen LogP) is 0.323. The Morgan fingerprint density at radius 3 is 3.33 bits per heavy atom. The van der Waals surface area contributed by atoms with Crippen LogP contribution in [0, 0.1) is 5.92 Å². The Morgan fingerprint density at radius 2 is 2.44 bits per heavy atom. The molecule has 2 saturated heterocycles. The first-order chi connectivity index (χ1) is 8.88. The highest BCUT2D eigenvalue weighted by atomic mass is 16.5. The molecule has 5 heteroatoms. The van der Waals surface area contributed by atoms with Gasteiger partial charge in [0.2, 0.25) is 0 Å². The maximum absolute atomic E-state index is 5.14. The largest absolute Gasteiger partial charge is 0.383 e. The predicted molar refractivity (Wildman–Crippen MR) is 69.3 cm³/mol. The second kappa shape index (κ2) is 5.38. The number of hydrogen-bond acceptors (Lipinski definition) is 4. The fourth-order valence-electron chi connectivity index (χ4n) is 3.20. The van der Waals surface area contributed by atoms with Crippen LogP contribution in [0.5, 0.6) is 0 Å². The lowest BCUT2D eigenvalue weighted by Crippen LogP contribution is -2.34. The molecule has 0 aliphatic carbocycles. The highest BCUT2D eigenvalue weighted by molar-refractivity contribution is 4.99. The summed E-state index contributed by atoms with van der Waals surface area (Å²) in [7, 11) is 1.74. The van der Waals surface area contributed by atoms with Gasteiger partial charge in [0.05, 0.1) is 13.2 Å². The van der Waals surface area contributed by atoms with Crippen LogP contribution in [0.3, 0.4) is 0 Å². The van der Waals surface area contributed by atoms with Crippen LogP contribution in [0.1, 0.15) is 12.2 Å². The van der Waals surface area contributed by atoms with Crippen LogP contribution in [-0.4, -0.2) is 53.8 Å². The Morgan fingerprint density at radius 1 is 1.50 bits per heavy atom. The number of fused-ring (bicyclic) bond motifs is 1. The maximum Gasteiger partial charge on any atom is 0.122 e. The van der Waals surface area contributed by atoms with Crippen LogP contribution in [-0.2, 0) is 17.8 Å². The van der Waals surface area contributed by atoms with Gasteiger partial charge < -0.3 is 14.6 Å². The highest BCUT2D eigenvalue weighted by Gasteiger charge is 2.37. The van der Waals surface area contributed by atoms with Crippen molar-refractivity contribution in [3.63, 3.8) is 0 Å². The quantitative estimate of drug-likeness (QED) is 0.817. The Kier molecular flexibility index (Phi) is 3.63. The summed E-state index contributed by atoms with van der Waals surface area (Å²) < 4.78 is 7.34. The first kappa shape index (κ1) is 12.1. The fourth-order valence-corrected chi connectivity index (χ4v) is 3.20. The van der Waals surface area contributed by atoms with Gasteiger partial charge in [-0.1, -0.05) is 0 Å². The summed E-state index contributed by atoms with van der Waals surface area (Å²) in [5.74, 6) is 2.02. The van der Waals surface area contributed by atoms with Crippen molar-refractivity contribution >= 4 is 0 Å². The minimum absolute atomic E-state index is 0.720. The van der Waals surface area contributed by atoms with Crippen LogP contribution in [0.15, 0.2) is 12.4 Å². The first-order valence-corrected chi connectivity index (χ1v) is 6.82. The molecule has 0 spiro atoms. The van der Waals surface area contributed by atoms with E-state index in [0.717, 1.165) is 38.2 Å². The lowest BCUT2D eigenvalue weighted by atomic mass is 10.1. The van der Waals surface area contributed by atoms with Crippen LogP contribution < -0.4 is 5.32 Å². The topological polar surface area (TPSA) is 42.3 Å². The number of methoxy groups -OCH3 is 1. The van der Waals surface area contributed by atoms with Crippen molar-refractivity contribution in [2.45, 2.75) is 25.6 Å². The van der Waals surface area contributed by atoms with Gasteiger partial charge in [-0.3, -0.25) is 4.90 Å². The number of ether oxygens (including phenoxy) is 1. The highest BCUT2D eigenvalue weighted by Crippen LogP contribution is 2.28. The van der Waals surface area contributed by atoms with E-state index >= 15 is 0 Å². The maximum atomic E-state index is 5.14. The third kappa shape index (κ3) is 2.30. The minimum Gasteiger partial charge on any atom is -0.383 e. The standard InChI is InChI=1S/C13H22N4O/c1-18-7-6-16-5-3-15-13(16)10-17-4-2-11-8-14-9-12(11)17/h3,5,11-12,14H,2,4,6-10H2,1H3/t11-,12+/m0/s1. The van der Waals surface area contributed by atoms with E-state index in [2.05, 4.69) is 26.0 Å². The SMILES string of the molecule is COCCn1ccnc1CN1CC[C@H]2CNC[C@H]21. The van der Waals surface area contributed by atoms with Crippen LogP contribution in [0.2, 0.25) is 0 Å². The molecule has 0 saturated carbocycles.